The molecule has 0 bridgehead atoms. The first kappa shape index (κ1) is 16.4. The molecule has 3 rings (SSSR count). The molecule has 0 spiro atoms. The standard InChI is InChI=1S/C15H16BrN3O3S/c16-12-5-7-14(8-6-12)23(20,21)19-10-2-3-13(11-19)22-15-4-1-9-17-18-15/h1,4-9,13H,2-3,10-11H2. The summed E-state index contributed by atoms with van der Waals surface area (Å²) in [6, 6.07) is 10.1. The molecule has 1 fully saturated rings. The van der Waals surface area contributed by atoms with Gasteiger partial charge in [0.25, 0.3) is 0 Å². The van der Waals surface area contributed by atoms with E-state index in [1.54, 1.807) is 42.6 Å². The molecule has 1 atom stereocenters. The fraction of sp³-hybridized carbons (Fsp3) is 0.333. The summed E-state index contributed by atoms with van der Waals surface area (Å²) in [5, 5.41) is 7.65. The number of halogens is 1. The lowest BCUT2D eigenvalue weighted by molar-refractivity contribution is 0.123. The Balaban J connectivity index is 1.74. The summed E-state index contributed by atoms with van der Waals surface area (Å²) >= 11 is 3.31. The molecule has 2 aromatic rings. The Labute approximate surface area is 143 Å². The molecule has 1 unspecified atom stereocenters. The molecular weight excluding hydrogens is 382 g/mol. The van der Waals surface area contributed by atoms with Gasteiger partial charge in [0.05, 0.1) is 11.4 Å². The fourth-order valence-corrected chi connectivity index (χ4v) is 4.27. The number of aromatic nitrogens is 2. The molecule has 1 aromatic carbocycles. The smallest absolute Gasteiger partial charge is 0.243 e. The van der Waals surface area contributed by atoms with Crippen LogP contribution in [-0.2, 0) is 10.0 Å². The molecule has 0 N–H and O–H groups in total. The Morgan fingerprint density at radius 1 is 1.22 bits per heavy atom. The zero-order valence-corrected chi connectivity index (χ0v) is 14.7. The van der Waals surface area contributed by atoms with E-state index in [4.69, 9.17) is 4.74 Å². The van der Waals surface area contributed by atoms with Gasteiger partial charge in [0.1, 0.15) is 6.10 Å². The highest BCUT2D eigenvalue weighted by atomic mass is 79.9. The summed E-state index contributed by atoms with van der Waals surface area (Å²) < 4.78 is 33.5. The van der Waals surface area contributed by atoms with Crippen LogP contribution >= 0.6 is 15.9 Å². The van der Waals surface area contributed by atoms with Crippen LogP contribution in [0.2, 0.25) is 0 Å². The van der Waals surface area contributed by atoms with Crippen molar-refractivity contribution in [2.24, 2.45) is 0 Å². The zero-order chi connectivity index (χ0) is 16.3. The summed E-state index contributed by atoms with van der Waals surface area (Å²) in [7, 11) is -3.51. The van der Waals surface area contributed by atoms with Crippen LogP contribution in [0.4, 0.5) is 0 Å². The van der Waals surface area contributed by atoms with Crippen LogP contribution in [0.15, 0.2) is 52.0 Å². The number of ether oxygens (including phenoxy) is 1. The molecule has 1 aliphatic heterocycles. The second kappa shape index (κ2) is 6.94. The molecule has 1 saturated heterocycles. The maximum atomic E-state index is 12.7. The van der Waals surface area contributed by atoms with E-state index in [2.05, 4.69) is 26.1 Å². The molecule has 8 heteroatoms. The third kappa shape index (κ3) is 3.88. The molecule has 2 heterocycles. The van der Waals surface area contributed by atoms with E-state index < -0.39 is 10.0 Å². The summed E-state index contributed by atoms with van der Waals surface area (Å²) in [5.41, 5.74) is 0. The van der Waals surface area contributed by atoms with Gasteiger partial charge in [0.2, 0.25) is 15.9 Å². The highest BCUT2D eigenvalue weighted by Crippen LogP contribution is 2.24. The molecule has 1 aliphatic rings. The van der Waals surface area contributed by atoms with Crippen LogP contribution in [-0.4, -0.2) is 42.1 Å². The Bertz CT molecular complexity index is 753. The topological polar surface area (TPSA) is 72.4 Å². The molecule has 23 heavy (non-hydrogen) atoms. The average Bonchev–Trinajstić information content (AvgIpc) is 2.56. The van der Waals surface area contributed by atoms with Crippen molar-refractivity contribution in [1.29, 1.82) is 0 Å². The Morgan fingerprint density at radius 3 is 2.70 bits per heavy atom. The van der Waals surface area contributed by atoms with E-state index in [0.717, 1.165) is 17.3 Å². The van der Waals surface area contributed by atoms with E-state index in [0.29, 0.717) is 23.9 Å². The zero-order valence-electron chi connectivity index (χ0n) is 12.3. The van der Waals surface area contributed by atoms with Gasteiger partial charge in [-0.25, -0.2) is 8.42 Å². The molecule has 0 aliphatic carbocycles. The van der Waals surface area contributed by atoms with Crippen LogP contribution in [0.1, 0.15) is 12.8 Å². The van der Waals surface area contributed by atoms with Gasteiger partial charge in [-0.3, -0.25) is 0 Å². The predicted molar refractivity (Wildman–Crippen MR) is 88.6 cm³/mol. The minimum Gasteiger partial charge on any atom is -0.472 e. The monoisotopic (exact) mass is 397 g/mol. The number of hydrogen-bond acceptors (Lipinski definition) is 5. The number of benzene rings is 1. The molecule has 0 radical (unpaired) electrons. The fourth-order valence-electron chi connectivity index (χ4n) is 2.50. The van der Waals surface area contributed by atoms with Gasteiger partial charge in [-0.2, -0.15) is 9.40 Å². The molecular formula is C15H16BrN3O3S. The highest BCUT2D eigenvalue weighted by molar-refractivity contribution is 9.10. The van der Waals surface area contributed by atoms with Crippen molar-refractivity contribution in [2.45, 2.75) is 23.8 Å². The second-order valence-corrected chi connectivity index (χ2v) is 8.11. The molecule has 0 saturated carbocycles. The van der Waals surface area contributed by atoms with Gasteiger partial charge in [0.15, 0.2) is 0 Å². The second-order valence-electron chi connectivity index (χ2n) is 5.26. The van der Waals surface area contributed by atoms with Gasteiger partial charge >= 0.3 is 0 Å². The quantitative estimate of drug-likeness (QED) is 0.791. The molecule has 6 nitrogen and oxygen atoms in total. The lowest BCUT2D eigenvalue weighted by Gasteiger charge is -2.31. The van der Waals surface area contributed by atoms with Gasteiger partial charge in [-0.15, -0.1) is 5.10 Å². The lowest BCUT2D eigenvalue weighted by Crippen LogP contribution is -2.44. The first-order valence-corrected chi connectivity index (χ1v) is 9.49. The Kier molecular flexibility index (Phi) is 4.93. The van der Waals surface area contributed by atoms with Crippen molar-refractivity contribution in [3.8, 4) is 5.88 Å². The number of hydrogen-bond donors (Lipinski definition) is 0. The minimum atomic E-state index is -3.51. The minimum absolute atomic E-state index is 0.217. The lowest BCUT2D eigenvalue weighted by atomic mass is 10.1. The van der Waals surface area contributed by atoms with Gasteiger partial charge in [0, 0.05) is 23.3 Å². The van der Waals surface area contributed by atoms with Crippen molar-refractivity contribution < 1.29 is 13.2 Å². The van der Waals surface area contributed by atoms with Crippen LogP contribution in [0, 0.1) is 0 Å². The Morgan fingerprint density at radius 2 is 2.00 bits per heavy atom. The summed E-state index contributed by atoms with van der Waals surface area (Å²) in [6.07, 6.45) is 2.90. The largest absolute Gasteiger partial charge is 0.472 e. The van der Waals surface area contributed by atoms with Crippen molar-refractivity contribution in [3.05, 3.63) is 47.1 Å². The number of piperidine rings is 1. The van der Waals surface area contributed by atoms with Crippen LogP contribution in [0.25, 0.3) is 0 Å². The van der Waals surface area contributed by atoms with E-state index in [1.165, 1.54) is 4.31 Å². The first-order valence-electron chi connectivity index (χ1n) is 7.26. The third-order valence-corrected chi connectivity index (χ3v) is 6.04. The van der Waals surface area contributed by atoms with E-state index in [9.17, 15) is 8.42 Å². The third-order valence-electron chi connectivity index (χ3n) is 3.63. The maximum absolute atomic E-state index is 12.7. The van der Waals surface area contributed by atoms with E-state index in [-0.39, 0.29) is 6.10 Å². The molecule has 0 amide bonds. The van der Waals surface area contributed by atoms with Crippen LogP contribution < -0.4 is 4.74 Å². The number of sulfonamides is 1. The molecule has 1 aromatic heterocycles. The first-order chi connectivity index (χ1) is 11.1. The van der Waals surface area contributed by atoms with Crippen LogP contribution in [0.5, 0.6) is 5.88 Å². The summed E-state index contributed by atoms with van der Waals surface area (Å²) in [6.45, 7) is 0.813. The number of rotatable bonds is 4. The predicted octanol–water partition coefficient (Wildman–Crippen LogP) is 2.47. The van der Waals surface area contributed by atoms with Crippen molar-refractivity contribution in [2.75, 3.05) is 13.1 Å². The summed E-state index contributed by atoms with van der Waals surface area (Å²) in [5.74, 6) is 0.417. The van der Waals surface area contributed by atoms with Crippen molar-refractivity contribution >= 4 is 26.0 Å². The van der Waals surface area contributed by atoms with E-state index in [1.807, 2.05) is 0 Å². The van der Waals surface area contributed by atoms with Gasteiger partial charge < -0.3 is 4.74 Å². The van der Waals surface area contributed by atoms with Crippen LogP contribution in [0.3, 0.4) is 0 Å². The maximum Gasteiger partial charge on any atom is 0.243 e. The van der Waals surface area contributed by atoms with Gasteiger partial charge in [-0.05, 0) is 43.2 Å². The highest BCUT2D eigenvalue weighted by Gasteiger charge is 2.31. The normalized spacial score (nSPS) is 19.4. The SMILES string of the molecule is O=S(=O)(c1ccc(Br)cc1)N1CCCC(Oc2cccnn2)C1. The molecule has 122 valence electrons. The average molecular weight is 398 g/mol. The summed E-state index contributed by atoms with van der Waals surface area (Å²) in [4.78, 5) is 0.292. The van der Waals surface area contributed by atoms with Gasteiger partial charge in [-0.1, -0.05) is 15.9 Å². The van der Waals surface area contributed by atoms with Crippen molar-refractivity contribution in [3.63, 3.8) is 0 Å². The van der Waals surface area contributed by atoms with Crippen molar-refractivity contribution in [1.82, 2.24) is 14.5 Å². The van der Waals surface area contributed by atoms with E-state index >= 15 is 0 Å². The Hall–Kier alpha value is -1.51. The number of nitrogens with zero attached hydrogens (tertiary/aromatic N) is 3.